The van der Waals surface area contributed by atoms with Crippen LogP contribution in [-0.4, -0.2) is 24.0 Å². The van der Waals surface area contributed by atoms with Crippen LogP contribution in [-0.2, 0) is 6.54 Å². The first-order valence-electron chi connectivity index (χ1n) is 6.16. The Labute approximate surface area is 98.4 Å². The van der Waals surface area contributed by atoms with E-state index in [4.69, 9.17) is 5.73 Å². The van der Waals surface area contributed by atoms with Gasteiger partial charge in [0.2, 0.25) is 0 Å². The average Bonchev–Trinajstić information content (AvgIpc) is 2.65. The molecular weight excluding hydrogens is 196 g/mol. The molecular formula is C14H22N2. The summed E-state index contributed by atoms with van der Waals surface area (Å²) < 4.78 is 0. The highest BCUT2D eigenvalue weighted by atomic mass is 15.1. The molecule has 1 aromatic carbocycles. The molecule has 2 N–H and O–H groups in total. The summed E-state index contributed by atoms with van der Waals surface area (Å²) in [5.41, 5.74) is 8.70. The highest BCUT2D eigenvalue weighted by Gasteiger charge is 2.24. The molecule has 0 bridgehead atoms. The van der Waals surface area contributed by atoms with Crippen LogP contribution in [0.1, 0.15) is 30.4 Å². The van der Waals surface area contributed by atoms with E-state index in [1.165, 1.54) is 24.0 Å². The maximum atomic E-state index is 5.95. The molecule has 0 saturated heterocycles. The lowest BCUT2D eigenvalue weighted by molar-refractivity contribution is 0.235. The van der Waals surface area contributed by atoms with E-state index >= 15 is 0 Å². The van der Waals surface area contributed by atoms with Crippen LogP contribution >= 0.6 is 0 Å². The lowest BCUT2D eigenvalue weighted by Crippen LogP contribution is -2.30. The zero-order valence-electron chi connectivity index (χ0n) is 10.3. The van der Waals surface area contributed by atoms with Crippen molar-refractivity contribution in [3.05, 3.63) is 35.4 Å². The first kappa shape index (κ1) is 11.6. The van der Waals surface area contributed by atoms with Crippen LogP contribution in [0.25, 0.3) is 0 Å². The normalized spacial score (nSPS) is 25.2. The first-order chi connectivity index (χ1) is 7.65. The van der Waals surface area contributed by atoms with Gasteiger partial charge in [0.25, 0.3) is 0 Å². The molecule has 0 aliphatic heterocycles. The van der Waals surface area contributed by atoms with Gasteiger partial charge >= 0.3 is 0 Å². The van der Waals surface area contributed by atoms with Gasteiger partial charge < -0.3 is 5.73 Å². The smallest absolute Gasteiger partial charge is 0.0233 e. The largest absolute Gasteiger partial charge is 0.328 e. The van der Waals surface area contributed by atoms with Gasteiger partial charge in [-0.15, -0.1) is 0 Å². The fourth-order valence-corrected chi connectivity index (χ4v) is 2.62. The van der Waals surface area contributed by atoms with E-state index in [9.17, 15) is 0 Å². The van der Waals surface area contributed by atoms with Crippen LogP contribution in [0.2, 0.25) is 0 Å². The van der Waals surface area contributed by atoms with E-state index in [1.54, 1.807) is 0 Å². The van der Waals surface area contributed by atoms with Crippen molar-refractivity contribution >= 4 is 0 Å². The highest BCUT2D eigenvalue weighted by Crippen LogP contribution is 2.23. The van der Waals surface area contributed by atoms with Crippen molar-refractivity contribution < 1.29 is 0 Å². The van der Waals surface area contributed by atoms with Crippen LogP contribution < -0.4 is 5.73 Å². The number of rotatable bonds is 3. The van der Waals surface area contributed by atoms with Crippen molar-refractivity contribution in [3.8, 4) is 0 Å². The second-order valence-corrected chi connectivity index (χ2v) is 5.13. The number of nitrogens with two attached hydrogens (primary N) is 1. The molecule has 0 amide bonds. The van der Waals surface area contributed by atoms with Crippen LogP contribution in [0.5, 0.6) is 0 Å². The molecule has 1 aliphatic rings. The Morgan fingerprint density at radius 1 is 1.38 bits per heavy atom. The highest BCUT2D eigenvalue weighted by molar-refractivity contribution is 5.22. The van der Waals surface area contributed by atoms with E-state index < -0.39 is 0 Å². The Morgan fingerprint density at radius 3 is 2.81 bits per heavy atom. The second-order valence-electron chi connectivity index (χ2n) is 5.13. The molecule has 2 nitrogen and oxygen atoms in total. The van der Waals surface area contributed by atoms with Crippen LogP contribution in [0.15, 0.2) is 24.3 Å². The van der Waals surface area contributed by atoms with E-state index in [0.29, 0.717) is 12.1 Å². The molecule has 2 rings (SSSR count). The van der Waals surface area contributed by atoms with Crippen molar-refractivity contribution in [3.63, 3.8) is 0 Å². The summed E-state index contributed by atoms with van der Waals surface area (Å²) >= 11 is 0. The third-order valence-corrected chi connectivity index (χ3v) is 3.58. The van der Waals surface area contributed by atoms with Crippen LogP contribution in [0.4, 0.5) is 0 Å². The SMILES string of the molecule is Cc1cccc(CN(C)C2CCC(N)C2)c1. The van der Waals surface area contributed by atoms with E-state index in [1.807, 2.05) is 0 Å². The van der Waals surface area contributed by atoms with Gasteiger partial charge in [0.1, 0.15) is 0 Å². The van der Waals surface area contributed by atoms with E-state index in [-0.39, 0.29) is 0 Å². The summed E-state index contributed by atoms with van der Waals surface area (Å²) in [6.45, 7) is 3.19. The van der Waals surface area contributed by atoms with Crippen LogP contribution in [0, 0.1) is 6.92 Å². The minimum atomic E-state index is 0.421. The molecule has 2 unspecified atom stereocenters. The quantitative estimate of drug-likeness (QED) is 0.843. The molecule has 1 saturated carbocycles. The van der Waals surface area contributed by atoms with Gasteiger partial charge in [0, 0.05) is 18.6 Å². The zero-order valence-corrected chi connectivity index (χ0v) is 10.3. The van der Waals surface area contributed by atoms with Gasteiger partial charge in [-0.1, -0.05) is 29.8 Å². The minimum absolute atomic E-state index is 0.421. The fraction of sp³-hybridized carbons (Fsp3) is 0.571. The summed E-state index contributed by atoms with van der Waals surface area (Å²) in [6.07, 6.45) is 3.59. The Hall–Kier alpha value is -0.860. The summed E-state index contributed by atoms with van der Waals surface area (Å²) in [6, 6.07) is 9.86. The van der Waals surface area contributed by atoms with Gasteiger partial charge in [-0.25, -0.2) is 0 Å². The molecule has 0 heterocycles. The van der Waals surface area contributed by atoms with Crippen LogP contribution in [0.3, 0.4) is 0 Å². The minimum Gasteiger partial charge on any atom is -0.328 e. The van der Waals surface area contributed by atoms with E-state index in [0.717, 1.165) is 13.0 Å². The number of nitrogens with zero attached hydrogens (tertiary/aromatic N) is 1. The predicted molar refractivity (Wildman–Crippen MR) is 68.3 cm³/mol. The van der Waals surface area contributed by atoms with Gasteiger partial charge in [-0.05, 0) is 38.8 Å². The molecule has 2 atom stereocenters. The van der Waals surface area contributed by atoms with E-state index in [2.05, 4.69) is 43.1 Å². The van der Waals surface area contributed by atoms with Gasteiger partial charge in [-0.2, -0.15) is 0 Å². The lowest BCUT2D eigenvalue weighted by atomic mass is 10.1. The Morgan fingerprint density at radius 2 is 2.19 bits per heavy atom. The molecule has 2 heteroatoms. The molecule has 1 aliphatic carbocycles. The summed E-state index contributed by atoms with van der Waals surface area (Å²) in [7, 11) is 2.21. The fourth-order valence-electron chi connectivity index (χ4n) is 2.62. The molecule has 0 spiro atoms. The Balaban J connectivity index is 1.94. The van der Waals surface area contributed by atoms with Gasteiger partial charge in [-0.3, -0.25) is 4.90 Å². The maximum Gasteiger partial charge on any atom is 0.0233 e. The van der Waals surface area contributed by atoms with Crippen molar-refractivity contribution in [2.45, 2.75) is 44.8 Å². The first-order valence-corrected chi connectivity index (χ1v) is 6.16. The average molecular weight is 218 g/mol. The standard InChI is InChI=1S/C14H22N2/c1-11-4-3-5-12(8-11)10-16(2)14-7-6-13(15)9-14/h3-5,8,13-14H,6-7,9-10,15H2,1-2H3. The van der Waals surface area contributed by atoms with Crippen molar-refractivity contribution in [1.82, 2.24) is 4.90 Å². The topological polar surface area (TPSA) is 29.3 Å². The Kier molecular flexibility index (Phi) is 3.62. The number of aryl methyl sites for hydroxylation is 1. The molecule has 1 aromatic rings. The molecule has 0 aromatic heterocycles. The third-order valence-electron chi connectivity index (χ3n) is 3.58. The molecule has 88 valence electrons. The zero-order chi connectivity index (χ0) is 11.5. The number of hydrogen-bond acceptors (Lipinski definition) is 2. The van der Waals surface area contributed by atoms with Gasteiger partial charge in [0.05, 0.1) is 0 Å². The molecule has 1 fully saturated rings. The maximum absolute atomic E-state index is 5.95. The molecule has 16 heavy (non-hydrogen) atoms. The predicted octanol–water partition coefficient (Wildman–Crippen LogP) is 2.31. The summed E-state index contributed by atoms with van der Waals surface area (Å²) in [5, 5.41) is 0. The summed E-state index contributed by atoms with van der Waals surface area (Å²) in [4.78, 5) is 2.45. The van der Waals surface area contributed by atoms with Crippen molar-refractivity contribution in [2.24, 2.45) is 5.73 Å². The monoisotopic (exact) mass is 218 g/mol. The van der Waals surface area contributed by atoms with Gasteiger partial charge in [0.15, 0.2) is 0 Å². The second kappa shape index (κ2) is 4.98. The Bertz CT molecular complexity index is 348. The molecule has 0 radical (unpaired) electrons. The number of benzene rings is 1. The lowest BCUT2D eigenvalue weighted by Gasteiger charge is -2.24. The number of hydrogen-bond donors (Lipinski definition) is 1. The summed E-state index contributed by atoms with van der Waals surface area (Å²) in [5.74, 6) is 0. The van der Waals surface area contributed by atoms with Crippen molar-refractivity contribution in [1.29, 1.82) is 0 Å². The van der Waals surface area contributed by atoms with Crippen molar-refractivity contribution in [2.75, 3.05) is 7.05 Å². The third kappa shape index (κ3) is 2.83.